The first kappa shape index (κ1) is 12.7. The second-order valence-corrected chi connectivity index (χ2v) is 5.51. The first-order valence-corrected chi connectivity index (χ1v) is 6.49. The van der Waals surface area contributed by atoms with Gasteiger partial charge in [-0.2, -0.15) is 0 Å². The third-order valence-corrected chi connectivity index (χ3v) is 3.96. The van der Waals surface area contributed by atoms with Crippen molar-refractivity contribution in [2.45, 2.75) is 24.0 Å². The largest absolute Gasteiger partial charge is 0.299 e. The number of fused-ring (bicyclic) bond motifs is 1. The Bertz CT molecular complexity index is 559. The minimum Gasteiger partial charge on any atom is -0.299 e. The molecular weight excluding hydrogens is 246 g/mol. The highest BCUT2D eigenvalue weighted by Gasteiger charge is 2.30. The molecule has 1 heterocycles. The number of benzene rings is 1. The number of rotatable bonds is 2. The van der Waals surface area contributed by atoms with Gasteiger partial charge in [0.2, 0.25) is 5.91 Å². The van der Waals surface area contributed by atoms with Crippen LogP contribution in [0, 0.1) is 12.3 Å². The molecule has 2 rings (SSSR count). The number of anilines is 1. The molecule has 0 spiro atoms. The van der Waals surface area contributed by atoms with Crippen molar-refractivity contribution in [2.24, 2.45) is 0 Å². The predicted molar refractivity (Wildman–Crippen MR) is 73.0 cm³/mol. The van der Waals surface area contributed by atoms with E-state index in [2.05, 4.69) is 5.92 Å². The number of hydrogen-bond acceptors (Lipinski definition) is 3. The number of thioether (sulfide) groups is 1. The molecule has 18 heavy (non-hydrogen) atoms. The minimum absolute atomic E-state index is 0.0148. The number of terminal acetylenes is 1. The van der Waals surface area contributed by atoms with Crippen LogP contribution in [0.2, 0.25) is 0 Å². The first-order valence-electron chi connectivity index (χ1n) is 5.61. The van der Waals surface area contributed by atoms with Gasteiger partial charge in [-0.1, -0.05) is 5.92 Å². The molecule has 0 fully saturated rings. The normalized spacial score (nSPS) is 18.2. The monoisotopic (exact) mass is 259 g/mol. The lowest BCUT2D eigenvalue weighted by molar-refractivity contribution is -0.117. The molecule has 0 N–H and O–H groups in total. The van der Waals surface area contributed by atoms with Gasteiger partial charge >= 0.3 is 0 Å². The number of nitrogens with zero attached hydrogens (tertiary/aromatic N) is 1. The van der Waals surface area contributed by atoms with Gasteiger partial charge < -0.3 is 0 Å². The molecule has 1 aromatic rings. The van der Waals surface area contributed by atoms with E-state index in [9.17, 15) is 9.59 Å². The van der Waals surface area contributed by atoms with E-state index in [0.29, 0.717) is 5.56 Å². The molecule has 92 valence electrons. The van der Waals surface area contributed by atoms with Crippen molar-refractivity contribution in [3.8, 4) is 12.3 Å². The van der Waals surface area contributed by atoms with Crippen molar-refractivity contribution in [3.63, 3.8) is 0 Å². The zero-order valence-corrected chi connectivity index (χ0v) is 11.1. The summed E-state index contributed by atoms with van der Waals surface area (Å²) in [6.45, 7) is 3.64. The van der Waals surface area contributed by atoms with E-state index < -0.39 is 0 Å². The van der Waals surface area contributed by atoms with Gasteiger partial charge in [0, 0.05) is 10.5 Å². The Balaban J connectivity index is 2.49. The Morgan fingerprint density at radius 2 is 2.28 bits per heavy atom. The van der Waals surface area contributed by atoms with Crippen LogP contribution < -0.4 is 4.90 Å². The summed E-state index contributed by atoms with van der Waals surface area (Å²) in [5, 5.41) is -0.173. The lowest BCUT2D eigenvalue weighted by atomic mass is 10.1. The number of amides is 1. The van der Waals surface area contributed by atoms with Crippen LogP contribution in [0.3, 0.4) is 0 Å². The molecule has 1 atom stereocenters. The lowest BCUT2D eigenvalue weighted by Crippen LogP contribution is -2.40. The summed E-state index contributed by atoms with van der Waals surface area (Å²) >= 11 is 1.47. The highest BCUT2D eigenvalue weighted by Crippen LogP contribution is 2.39. The van der Waals surface area contributed by atoms with Crippen LogP contribution in [-0.2, 0) is 4.79 Å². The second-order valence-electron chi connectivity index (χ2n) is 4.13. The second kappa shape index (κ2) is 4.87. The third kappa shape index (κ3) is 2.14. The van der Waals surface area contributed by atoms with Crippen LogP contribution in [0.5, 0.6) is 0 Å². The first-order chi connectivity index (χ1) is 8.54. The average Bonchev–Trinajstić information content (AvgIpc) is 2.34. The van der Waals surface area contributed by atoms with Gasteiger partial charge in [-0.3, -0.25) is 14.5 Å². The lowest BCUT2D eigenvalue weighted by Gasteiger charge is -2.31. The Morgan fingerprint density at radius 3 is 2.89 bits per heavy atom. The van der Waals surface area contributed by atoms with Crippen molar-refractivity contribution in [2.75, 3.05) is 11.4 Å². The standard InChI is InChI=1S/C14H13NO2S/c1-4-7-15-12-6-5-11(9(2)16)8-13(12)18-10(3)14(15)17/h1,5-6,8,10H,7H2,2-3H3. The average molecular weight is 259 g/mol. The summed E-state index contributed by atoms with van der Waals surface area (Å²) in [6.07, 6.45) is 5.30. The summed E-state index contributed by atoms with van der Waals surface area (Å²) < 4.78 is 0. The molecule has 1 aromatic carbocycles. The Morgan fingerprint density at radius 1 is 1.56 bits per heavy atom. The van der Waals surface area contributed by atoms with Crippen molar-refractivity contribution in [1.82, 2.24) is 0 Å². The molecular formula is C14H13NO2S. The smallest absolute Gasteiger partial charge is 0.241 e. The number of ketones is 1. The van der Waals surface area contributed by atoms with E-state index in [1.807, 2.05) is 13.0 Å². The van der Waals surface area contributed by atoms with Gasteiger partial charge in [-0.25, -0.2) is 0 Å². The maximum absolute atomic E-state index is 12.0. The minimum atomic E-state index is -0.173. The summed E-state index contributed by atoms with van der Waals surface area (Å²) in [5.41, 5.74) is 1.45. The van der Waals surface area contributed by atoms with E-state index in [4.69, 9.17) is 6.42 Å². The molecule has 1 aliphatic heterocycles. The van der Waals surface area contributed by atoms with Crippen LogP contribution in [-0.4, -0.2) is 23.5 Å². The predicted octanol–water partition coefficient (Wildman–Crippen LogP) is 2.35. The van der Waals surface area contributed by atoms with E-state index in [0.717, 1.165) is 10.6 Å². The molecule has 0 radical (unpaired) electrons. The van der Waals surface area contributed by atoms with Crippen LogP contribution in [0.4, 0.5) is 5.69 Å². The molecule has 4 heteroatoms. The van der Waals surface area contributed by atoms with Crippen molar-refractivity contribution < 1.29 is 9.59 Å². The van der Waals surface area contributed by atoms with Gasteiger partial charge in [0.15, 0.2) is 5.78 Å². The summed E-state index contributed by atoms with van der Waals surface area (Å²) in [4.78, 5) is 25.9. The fourth-order valence-corrected chi connectivity index (χ4v) is 2.99. The fraction of sp³-hybridized carbons (Fsp3) is 0.286. The van der Waals surface area contributed by atoms with Crippen molar-refractivity contribution in [1.29, 1.82) is 0 Å². The van der Waals surface area contributed by atoms with Gasteiger partial charge in [-0.15, -0.1) is 18.2 Å². The highest BCUT2D eigenvalue weighted by atomic mass is 32.2. The molecule has 1 amide bonds. The molecule has 3 nitrogen and oxygen atoms in total. The Kier molecular flexibility index (Phi) is 3.44. The molecule has 0 bridgehead atoms. The number of carbonyl (C=O) groups is 2. The highest BCUT2D eigenvalue weighted by molar-refractivity contribution is 8.01. The van der Waals surface area contributed by atoms with E-state index >= 15 is 0 Å². The number of carbonyl (C=O) groups excluding carboxylic acids is 2. The van der Waals surface area contributed by atoms with Gasteiger partial charge in [0.05, 0.1) is 17.5 Å². The van der Waals surface area contributed by atoms with Crippen LogP contribution in [0.25, 0.3) is 0 Å². The maximum Gasteiger partial charge on any atom is 0.241 e. The Hall–Kier alpha value is -1.73. The molecule has 0 saturated heterocycles. The van der Waals surface area contributed by atoms with E-state index in [-0.39, 0.29) is 23.5 Å². The molecule has 0 saturated carbocycles. The summed E-state index contributed by atoms with van der Waals surface area (Å²) in [7, 11) is 0. The fourth-order valence-electron chi connectivity index (χ4n) is 1.88. The third-order valence-electron chi connectivity index (χ3n) is 2.82. The van der Waals surface area contributed by atoms with Crippen LogP contribution >= 0.6 is 11.8 Å². The van der Waals surface area contributed by atoms with Gasteiger partial charge in [0.1, 0.15) is 0 Å². The quantitative estimate of drug-likeness (QED) is 0.604. The van der Waals surface area contributed by atoms with E-state index in [1.54, 1.807) is 17.0 Å². The zero-order chi connectivity index (χ0) is 13.3. The number of hydrogen-bond donors (Lipinski definition) is 0. The number of Topliss-reactive ketones (excluding diaryl/α,β-unsaturated/α-hetero) is 1. The van der Waals surface area contributed by atoms with Crippen molar-refractivity contribution >= 4 is 29.1 Å². The molecule has 0 aromatic heterocycles. The topological polar surface area (TPSA) is 37.4 Å². The van der Waals surface area contributed by atoms with Crippen LogP contribution in [0.15, 0.2) is 23.1 Å². The summed E-state index contributed by atoms with van der Waals surface area (Å²) in [5.74, 6) is 2.53. The molecule has 0 aliphatic carbocycles. The van der Waals surface area contributed by atoms with E-state index in [1.165, 1.54) is 18.7 Å². The summed E-state index contributed by atoms with van der Waals surface area (Å²) in [6, 6.07) is 5.35. The van der Waals surface area contributed by atoms with Crippen molar-refractivity contribution in [3.05, 3.63) is 23.8 Å². The Labute approximate surface area is 111 Å². The molecule has 1 unspecified atom stereocenters. The van der Waals surface area contributed by atoms with Gasteiger partial charge in [-0.05, 0) is 32.0 Å². The van der Waals surface area contributed by atoms with Gasteiger partial charge in [0.25, 0.3) is 0 Å². The SMILES string of the molecule is C#CCN1C(=O)C(C)Sc2cc(C(C)=O)ccc21. The zero-order valence-electron chi connectivity index (χ0n) is 10.3. The molecule has 1 aliphatic rings. The van der Waals surface area contributed by atoms with Crippen LogP contribution in [0.1, 0.15) is 24.2 Å². The maximum atomic E-state index is 12.0.